The maximum Gasteiger partial charge on any atom is 0.178 e. The fraction of sp³-hybridized carbons (Fsp3) is 0.316. The van der Waals surface area contributed by atoms with Gasteiger partial charge in [0.15, 0.2) is 5.78 Å². The molecule has 1 heterocycles. The van der Waals surface area contributed by atoms with Gasteiger partial charge in [0, 0.05) is 6.92 Å². The summed E-state index contributed by atoms with van der Waals surface area (Å²) in [5.41, 5.74) is 4.28. The van der Waals surface area contributed by atoms with Crippen molar-refractivity contribution in [2.75, 3.05) is 0 Å². The Balaban J connectivity index is 2.17. The number of rotatable bonds is 6. The Morgan fingerprint density at radius 2 is 1.73 bits per heavy atom. The SMILES string of the molecule is CCCCc1ccc(N=C(C)c2cccc(C(C)=O)n2)cc1. The van der Waals surface area contributed by atoms with Gasteiger partial charge in [0.05, 0.1) is 17.1 Å². The Morgan fingerprint density at radius 1 is 1.05 bits per heavy atom. The number of aryl methyl sites for hydroxylation is 1. The van der Waals surface area contributed by atoms with Crippen LogP contribution < -0.4 is 0 Å². The first-order chi connectivity index (χ1) is 10.6. The molecule has 0 N–H and O–H groups in total. The van der Waals surface area contributed by atoms with Crippen LogP contribution in [0.1, 0.15) is 55.4 Å². The summed E-state index contributed by atoms with van der Waals surface area (Å²) in [5, 5.41) is 0. The number of nitrogens with zero attached hydrogens (tertiary/aromatic N) is 2. The van der Waals surface area contributed by atoms with Crippen LogP contribution in [0.5, 0.6) is 0 Å². The molecule has 0 saturated heterocycles. The Labute approximate surface area is 132 Å². The van der Waals surface area contributed by atoms with Gasteiger partial charge in [-0.05, 0) is 49.6 Å². The molecule has 22 heavy (non-hydrogen) atoms. The quantitative estimate of drug-likeness (QED) is 0.569. The number of aromatic nitrogens is 1. The number of carbonyl (C=O) groups excluding carboxylic acids is 1. The van der Waals surface area contributed by atoms with E-state index < -0.39 is 0 Å². The van der Waals surface area contributed by atoms with Gasteiger partial charge in [-0.2, -0.15) is 0 Å². The van der Waals surface area contributed by atoms with Crippen LogP contribution in [-0.2, 0) is 6.42 Å². The summed E-state index contributed by atoms with van der Waals surface area (Å²) >= 11 is 0. The minimum atomic E-state index is -0.0325. The van der Waals surface area contributed by atoms with Gasteiger partial charge in [-0.1, -0.05) is 31.5 Å². The molecule has 1 aromatic carbocycles. The van der Waals surface area contributed by atoms with Crippen molar-refractivity contribution in [1.82, 2.24) is 4.98 Å². The second-order valence-corrected chi connectivity index (χ2v) is 5.43. The van der Waals surface area contributed by atoms with Crippen LogP contribution in [0.3, 0.4) is 0 Å². The Kier molecular flexibility index (Phi) is 5.59. The third kappa shape index (κ3) is 4.35. The molecule has 0 bridgehead atoms. The van der Waals surface area contributed by atoms with E-state index in [2.05, 4.69) is 29.0 Å². The smallest absolute Gasteiger partial charge is 0.178 e. The van der Waals surface area contributed by atoms with E-state index in [4.69, 9.17) is 0 Å². The van der Waals surface area contributed by atoms with Gasteiger partial charge in [0.2, 0.25) is 0 Å². The number of pyridine rings is 1. The molecule has 0 saturated carbocycles. The summed E-state index contributed by atoms with van der Waals surface area (Å²) in [6, 6.07) is 13.8. The van der Waals surface area contributed by atoms with Crippen LogP contribution in [0, 0.1) is 0 Å². The third-order valence-corrected chi connectivity index (χ3v) is 3.53. The van der Waals surface area contributed by atoms with E-state index in [1.807, 2.05) is 31.2 Å². The highest BCUT2D eigenvalue weighted by Gasteiger charge is 2.05. The highest BCUT2D eigenvalue weighted by Crippen LogP contribution is 2.16. The average molecular weight is 294 g/mol. The standard InChI is InChI=1S/C19H22N2O/c1-4-5-7-16-10-12-17(13-11-16)20-14(2)18-8-6-9-19(21-18)15(3)22/h6,8-13H,4-5,7H2,1-3H3. The lowest BCUT2D eigenvalue weighted by molar-refractivity contribution is 0.101. The van der Waals surface area contributed by atoms with E-state index in [9.17, 15) is 4.79 Å². The lowest BCUT2D eigenvalue weighted by Crippen LogP contribution is -2.04. The monoisotopic (exact) mass is 294 g/mol. The number of unbranched alkanes of at least 4 members (excludes halogenated alkanes) is 1. The van der Waals surface area contributed by atoms with Crippen LogP contribution in [0.25, 0.3) is 0 Å². The Morgan fingerprint density at radius 3 is 2.36 bits per heavy atom. The van der Waals surface area contributed by atoms with E-state index in [0.717, 1.165) is 23.5 Å². The fourth-order valence-corrected chi connectivity index (χ4v) is 2.20. The number of Topliss-reactive ketones (excluding diaryl/α,β-unsaturated/α-hetero) is 1. The number of carbonyl (C=O) groups is 1. The molecule has 2 aromatic rings. The number of aliphatic imine (C=N–C) groups is 1. The molecule has 0 fully saturated rings. The van der Waals surface area contributed by atoms with Gasteiger partial charge >= 0.3 is 0 Å². The van der Waals surface area contributed by atoms with Gasteiger partial charge in [0.1, 0.15) is 5.69 Å². The van der Waals surface area contributed by atoms with Crippen molar-refractivity contribution in [1.29, 1.82) is 0 Å². The molecular weight excluding hydrogens is 272 g/mol. The first kappa shape index (κ1) is 16.1. The third-order valence-electron chi connectivity index (χ3n) is 3.53. The van der Waals surface area contributed by atoms with E-state index in [1.54, 1.807) is 6.07 Å². The normalized spacial score (nSPS) is 11.5. The Hall–Kier alpha value is -2.29. The van der Waals surface area contributed by atoms with Gasteiger partial charge in [-0.15, -0.1) is 0 Å². The van der Waals surface area contributed by atoms with Crippen molar-refractivity contribution in [3.63, 3.8) is 0 Å². The molecule has 0 unspecified atom stereocenters. The minimum absolute atomic E-state index is 0.0325. The molecule has 0 radical (unpaired) electrons. The van der Waals surface area contributed by atoms with Gasteiger partial charge < -0.3 is 0 Å². The fourth-order valence-electron chi connectivity index (χ4n) is 2.20. The van der Waals surface area contributed by atoms with Crippen LogP contribution >= 0.6 is 0 Å². The van der Waals surface area contributed by atoms with Crippen LogP contribution in [0.2, 0.25) is 0 Å². The van der Waals surface area contributed by atoms with Gasteiger partial charge in [-0.3, -0.25) is 9.79 Å². The molecule has 0 aliphatic rings. The number of hydrogen-bond donors (Lipinski definition) is 0. The molecule has 114 valence electrons. The molecule has 0 amide bonds. The van der Waals surface area contributed by atoms with Gasteiger partial charge in [0.25, 0.3) is 0 Å². The van der Waals surface area contributed by atoms with Crippen molar-refractivity contribution < 1.29 is 4.79 Å². The zero-order chi connectivity index (χ0) is 15.9. The molecule has 0 spiro atoms. The molecule has 1 aromatic heterocycles. The molecule has 0 aliphatic heterocycles. The molecule has 0 aliphatic carbocycles. The van der Waals surface area contributed by atoms with Crippen LogP contribution in [0.15, 0.2) is 47.5 Å². The molecular formula is C19H22N2O. The van der Waals surface area contributed by atoms with E-state index in [0.29, 0.717) is 5.69 Å². The highest BCUT2D eigenvalue weighted by atomic mass is 16.1. The maximum atomic E-state index is 11.4. The summed E-state index contributed by atoms with van der Waals surface area (Å²) in [7, 11) is 0. The summed E-state index contributed by atoms with van der Waals surface area (Å²) in [4.78, 5) is 20.3. The second kappa shape index (κ2) is 7.64. The van der Waals surface area contributed by atoms with E-state index in [-0.39, 0.29) is 5.78 Å². The zero-order valence-corrected chi connectivity index (χ0v) is 13.5. The maximum absolute atomic E-state index is 11.4. The predicted molar refractivity (Wildman–Crippen MR) is 91.2 cm³/mol. The summed E-state index contributed by atoms with van der Waals surface area (Å²) in [6.07, 6.45) is 3.53. The summed E-state index contributed by atoms with van der Waals surface area (Å²) in [5.74, 6) is -0.0325. The van der Waals surface area contributed by atoms with Crippen molar-refractivity contribution in [3.05, 3.63) is 59.4 Å². The number of benzene rings is 1. The van der Waals surface area contributed by atoms with E-state index in [1.165, 1.54) is 25.3 Å². The lowest BCUT2D eigenvalue weighted by Gasteiger charge is -2.04. The molecule has 3 nitrogen and oxygen atoms in total. The van der Waals surface area contributed by atoms with Crippen molar-refractivity contribution >= 4 is 17.2 Å². The minimum Gasteiger partial charge on any atom is -0.293 e. The zero-order valence-electron chi connectivity index (χ0n) is 13.5. The summed E-state index contributed by atoms with van der Waals surface area (Å²) in [6.45, 7) is 5.63. The predicted octanol–water partition coefficient (Wildman–Crippen LogP) is 4.77. The second-order valence-electron chi connectivity index (χ2n) is 5.43. The Bertz CT molecular complexity index is 672. The topological polar surface area (TPSA) is 42.3 Å². The lowest BCUT2D eigenvalue weighted by atomic mass is 10.1. The average Bonchev–Trinajstić information content (AvgIpc) is 2.54. The van der Waals surface area contributed by atoms with Crippen LogP contribution in [-0.4, -0.2) is 16.5 Å². The number of ketones is 1. The van der Waals surface area contributed by atoms with Crippen molar-refractivity contribution in [2.24, 2.45) is 4.99 Å². The number of hydrogen-bond acceptors (Lipinski definition) is 3. The largest absolute Gasteiger partial charge is 0.293 e. The van der Waals surface area contributed by atoms with Crippen molar-refractivity contribution in [2.45, 2.75) is 40.0 Å². The highest BCUT2D eigenvalue weighted by molar-refractivity contribution is 6.00. The van der Waals surface area contributed by atoms with E-state index >= 15 is 0 Å². The van der Waals surface area contributed by atoms with Gasteiger partial charge in [-0.25, -0.2) is 4.98 Å². The molecule has 2 rings (SSSR count). The first-order valence-corrected chi connectivity index (χ1v) is 7.72. The van der Waals surface area contributed by atoms with Crippen molar-refractivity contribution in [3.8, 4) is 0 Å². The molecule has 0 atom stereocenters. The van der Waals surface area contributed by atoms with Crippen LogP contribution in [0.4, 0.5) is 5.69 Å². The summed E-state index contributed by atoms with van der Waals surface area (Å²) < 4.78 is 0. The first-order valence-electron chi connectivity index (χ1n) is 7.72. The molecule has 3 heteroatoms.